The Kier molecular flexibility index (Phi) is 2.57. The highest BCUT2D eigenvalue weighted by atomic mass is 32.2. The Morgan fingerprint density at radius 1 is 0.889 bits per heavy atom. The Balaban J connectivity index is 2.06. The molecule has 2 aromatic carbocycles. The zero-order chi connectivity index (χ0) is 12.6. The van der Waals surface area contributed by atoms with Gasteiger partial charge in [-0.1, -0.05) is 42.5 Å². The average Bonchev–Trinajstić information content (AvgIpc) is 2.39. The molecule has 0 aromatic heterocycles. The number of sulfonamides is 1. The number of hydrogen-bond acceptors (Lipinski definition) is 3. The molecule has 1 aliphatic rings. The lowest BCUT2D eigenvalue weighted by Gasteiger charge is -2.28. The van der Waals surface area contributed by atoms with E-state index in [1.54, 1.807) is 18.2 Å². The van der Waals surface area contributed by atoms with E-state index >= 15 is 0 Å². The van der Waals surface area contributed by atoms with Crippen LogP contribution in [0, 0.1) is 0 Å². The van der Waals surface area contributed by atoms with Crippen molar-refractivity contribution in [1.29, 1.82) is 0 Å². The van der Waals surface area contributed by atoms with Crippen molar-refractivity contribution in [1.82, 2.24) is 4.72 Å². The first kappa shape index (κ1) is 11.3. The molecular formula is C13H12N2O2S. The first-order valence-electron chi connectivity index (χ1n) is 5.60. The molecule has 3 rings (SSSR count). The SMILES string of the molecule is O=S1(=O)NC(c2ccccc2)Nc2ccccc21. The molecule has 0 radical (unpaired) electrons. The summed E-state index contributed by atoms with van der Waals surface area (Å²) in [6.07, 6.45) is -0.425. The van der Waals surface area contributed by atoms with E-state index in [2.05, 4.69) is 10.0 Å². The quantitative estimate of drug-likeness (QED) is 0.825. The molecule has 1 unspecified atom stereocenters. The Morgan fingerprint density at radius 2 is 1.56 bits per heavy atom. The third kappa shape index (κ3) is 1.87. The lowest BCUT2D eigenvalue weighted by molar-refractivity contribution is 0.562. The predicted molar refractivity (Wildman–Crippen MR) is 69.6 cm³/mol. The summed E-state index contributed by atoms with van der Waals surface area (Å²) in [5.74, 6) is 0. The molecule has 0 amide bonds. The van der Waals surface area contributed by atoms with Crippen LogP contribution in [-0.4, -0.2) is 8.42 Å². The Hall–Kier alpha value is -1.85. The Labute approximate surface area is 106 Å². The molecule has 0 saturated heterocycles. The predicted octanol–water partition coefficient (Wildman–Crippen LogP) is 2.09. The number of para-hydroxylation sites is 1. The normalized spacial score (nSPS) is 20.8. The van der Waals surface area contributed by atoms with Crippen molar-refractivity contribution in [3.8, 4) is 0 Å². The van der Waals surface area contributed by atoms with Crippen LogP contribution in [0.15, 0.2) is 59.5 Å². The van der Waals surface area contributed by atoms with Gasteiger partial charge in [-0.25, -0.2) is 8.42 Å². The fraction of sp³-hybridized carbons (Fsp3) is 0.0769. The molecule has 0 fully saturated rings. The van der Waals surface area contributed by atoms with Crippen molar-refractivity contribution in [3.63, 3.8) is 0 Å². The third-order valence-electron chi connectivity index (χ3n) is 2.88. The van der Waals surface area contributed by atoms with E-state index in [-0.39, 0.29) is 4.90 Å². The van der Waals surface area contributed by atoms with Gasteiger partial charge >= 0.3 is 0 Å². The lowest BCUT2D eigenvalue weighted by Crippen LogP contribution is -2.38. The Bertz CT molecular complexity index is 668. The molecule has 1 heterocycles. The average molecular weight is 260 g/mol. The summed E-state index contributed by atoms with van der Waals surface area (Å²) in [5.41, 5.74) is 1.51. The molecule has 5 heteroatoms. The summed E-state index contributed by atoms with van der Waals surface area (Å²) in [7, 11) is -3.45. The molecule has 2 N–H and O–H groups in total. The number of rotatable bonds is 1. The van der Waals surface area contributed by atoms with Crippen molar-refractivity contribution in [2.24, 2.45) is 0 Å². The van der Waals surface area contributed by atoms with Crippen LogP contribution in [0.2, 0.25) is 0 Å². The molecule has 18 heavy (non-hydrogen) atoms. The standard InChI is InChI=1S/C13H12N2O2S/c16-18(17)12-9-5-4-8-11(12)14-13(15-18)10-6-2-1-3-7-10/h1-9,13-15H. The lowest BCUT2D eigenvalue weighted by atomic mass is 10.1. The number of nitrogens with one attached hydrogen (secondary N) is 2. The number of fused-ring (bicyclic) bond motifs is 1. The van der Waals surface area contributed by atoms with Crippen molar-refractivity contribution < 1.29 is 8.42 Å². The molecule has 92 valence electrons. The van der Waals surface area contributed by atoms with Gasteiger partial charge in [0.2, 0.25) is 10.0 Å². The zero-order valence-electron chi connectivity index (χ0n) is 9.50. The second kappa shape index (κ2) is 4.12. The summed E-state index contributed by atoms with van der Waals surface area (Å²) in [4.78, 5) is 0.289. The molecule has 4 nitrogen and oxygen atoms in total. The molecule has 0 bridgehead atoms. The van der Waals surface area contributed by atoms with E-state index in [1.807, 2.05) is 36.4 Å². The summed E-state index contributed by atoms with van der Waals surface area (Å²) in [6, 6.07) is 16.3. The summed E-state index contributed by atoms with van der Waals surface area (Å²) in [6.45, 7) is 0. The molecule has 1 aliphatic heterocycles. The van der Waals surface area contributed by atoms with Gasteiger partial charge in [-0.3, -0.25) is 0 Å². The van der Waals surface area contributed by atoms with Crippen LogP contribution in [-0.2, 0) is 10.0 Å². The largest absolute Gasteiger partial charge is 0.364 e. The van der Waals surface area contributed by atoms with Gasteiger partial charge in [0.15, 0.2) is 0 Å². The zero-order valence-corrected chi connectivity index (χ0v) is 10.3. The maximum Gasteiger partial charge on any atom is 0.244 e. The van der Waals surface area contributed by atoms with E-state index in [0.29, 0.717) is 5.69 Å². The van der Waals surface area contributed by atoms with E-state index < -0.39 is 16.2 Å². The number of benzene rings is 2. The van der Waals surface area contributed by atoms with Gasteiger partial charge < -0.3 is 5.32 Å². The number of anilines is 1. The molecule has 0 spiro atoms. The van der Waals surface area contributed by atoms with Crippen LogP contribution in [0.1, 0.15) is 11.7 Å². The van der Waals surface area contributed by atoms with E-state index in [4.69, 9.17) is 0 Å². The smallest absolute Gasteiger partial charge is 0.244 e. The fourth-order valence-electron chi connectivity index (χ4n) is 2.02. The minimum absolute atomic E-state index is 0.289. The van der Waals surface area contributed by atoms with Gasteiger partial charge in [0.1, 0.15) is 11.1 Å². The van der Waals surface area contributed by atoms with Gasteiger partial charge in [-0.15, -0.1) is 0 Å². The summed E-state index contributed by atoms with van der Waals surface area (Å²) < 4.78 is 26.8. The van der Waals surface area contributed by atoms with Gasteiger partial charge in [0, 0.05) is 0 Å². The van der Waals surface area contributed by atoms with Crippen LogP contribution in [0.3, 0.4) is 0 Å². The monoisotopic (exact) mass is 260 g/mol. The van der Waals surface area contributed by atoms with Crippen LogP contribution in [0.5, 0.6) is 0 Å². The van der Waals surface area contributed by atoms with Crippen LogP contribution >= 0.6 is 0 Å². The summed E-state index contributed by atoms with van der Waals surface area (Å²) >= 11 is 0. The van der Waals surface area contributed by atoms with Gasteiger partial charge in [-0.2, -0.15) is 4.72 Å². The van der Waals surface area contributed by atoms with Gasteiger partial charge in [0.25, 0.3) is 0 Å². The number of hydrogen-bond donors (Lipinski definition) is 2. The molecular weight excluding hydrogens is 248 g/mol. The maximum absolute atomic E-state index is 12.1. The minimum atomic E-state index is -3.45. The molecule has 2 aromatic rings. The topological polar surface area (TPSA) is 58.2 Å². The van der Waals surface area contributed by atoms with E-state index in [9.17, 15) is 8.42 Å². The highest BCUT2D eigenvalue weighted by Crippen LogP contribution is 2.30. The first-order valence-corrected chi connectivity index (χ1v) is 7.08. The highest BCUT2D eigenvalue weighted by Gasteiger charge is 2.29. The minimum Gasteiger partial charge on any atom is -0.364 e. The highest BCUT2D eigenvalue weighted by molar-refractivity contribution is 7.89. The Morgan fingerprint density at radius 3 is 2.33 bits per heavy atom. The second-order valence-electron chi connectivity index (χ2n) is 4.11. The van der Waals surface area contributed by atoms with Crippen molar-refractivity contribution in [2.45, 2.75) is 11.1 Å². The summed E-state index contributed by atoms with van der Waals surface area (Å²) in [5, 5.41) is 3.18. The van der Waals surface area contributed by atoms with E-state index in [1.165, 1.54) is 0 Å². The van der Waals surface area contributed by atoms with Crippen LogP contribution in [0.4, 0.5) is 5.69 Å². The second-order valence-corrected chi connectivity index (χ2v) is 5.79. The van der Waals surface area contributed by atoms with Crippen molar-refractivity contribution >= 4 is 15.7 Å². The van der Waals surface area contributed by atoms with Gasteiger partial charge in [0.05, 0.1) is 5.69 Å². The molecule has 0 aliphatic carbocycles. The first-order chi connectivity index (χ1) is 8.67. The van der Waals surface area contributed by atoms with E-state index in [0.717, 1.165) is 5.56 Å². The van der Waals surface area contributed by atoms with Crippen molar-refractivity contribution in [2.75, 3.05) is 5.32 Å². The van der Waals surface area contributed by atoms with Gasteiger partial charge in [-0.05, 0) is 17.7 Å². The molecule has 1 atom stereocenters. The van der Waals surface area contributed by atoms with Crippen LogP contribution in [0.25, 0.3) is 0 Å². The fourth-order valence-corrected chi connectivity index (χ4v) is 3.33. The van der Waals surface area contributed by atoms with Crippen LogP contribution < -0.4 is 10.0 Å². The molecule has 0 saturated carbocycles. The van der Waals surface area contributed by atoms with Crippen molar-refractivity contribution in [3.05, 3.63) is 60.2 Å². The maximum atomic E-state index is 12.1. The third-order valence-corrected chi connectivity index (χ3v) is 4.36.